The van der Waals surface area contributed by atoms with Gasteiger partial charge in [0.15, 0.2) is 0 Å². The van der Waals surface area contributed by atoms with Gasteiger partial charge in [-0.05, 0) is 79.2 Å². The van der Waals surface area contributed by atoms with E-state index in [1.807, 2.05) is 0 Å². The maximum absolute atomic E-state index is 11.7. The first-order valence-corrected chi connectivity index (χ1v) is 14.8. The van der Waals surface area contributed by atoms with E-state index in [0.717, 1.165) is 33.8 Å². The molecule has 3 aliphatic rings. The number of carbonyl (C=O) groups is 5. The zero-order chi connectivity index (χ0) is 31.2. The van der Waals surface area contributed by atoms with Crippen LogP contribution < -0.4 is 4.90 Å². The minimum Gasteiger partial charge on any atom is -0.372 e. The van der Waals surface area contributed by atoms with Gasteiger partial charge >= 0.3 is 5.97 Å². The van der Waals surface area contributed by atoms with Crippen LogP contribution in [0.25, 0.3) is 0 Å². The summed E-state index contributed by atoms with van der Waals surface area (Å²) in [5.74, 6) is -2.39. The van der Waals surface area contributed by atoms with Crippen molar-refractivity contribution in [3.8, 4) is 0 Å². The number of aryl methyl sites for hydroxylation is 1. The average molecular weight is 686 g/mol. The van der Waals surface area contributed by atoms with E-state index in [4.69, 9.17) is 9.57 Å². The van der Waals surface area contributed by atoms with E-state index < -0.39 is 17.8 Å². The number of benzene rings is 2. The molecular weight excluding hydrogens is 660 g/mol. The highest BCUT2D eigenvalue weighted by Crippen LogP contribution is 2.21. The molecule has 0 aromatic heterocycles. The van der Waals surface area contributed by atoms with Gasteiger partial charge in [0.05, 0.1) is 40.1 Å². The third-order valence-electron chi connectivity index (χ3n) is 5.82. The highest BCUT2D eigenvalue weighted by Gasteiger charge is 2.32. The van der Waals surface area contributed by atoms with E-state index in [1.165, 1.54) is 12.2 Å². The number of aliphatic imine (C=N–C) groups is 2. The summed E-state index contributed by atoms with van der Waals surface area (Å²) in [5, 5.41) is 6.10. The molecule has 0 spiro atoms. The monoisotopic (exact) mass is 684 g/mol. The lowest BCUT2D eigenvalue weighted by molar-refractivity contribution is -0.197. The second-order valence-corrected chi connectivity index (χ2v) is 9.96. The Kier molecular flexibility index (Phi) is 13.4. The highest BCUT2D eigenvalue weighted by atomic mass is 79.9. The zero-order valence-corrected chi connectivity index (χ0v) is 25.9. The van der Waals surface area contributed by atoms with Crippen LogP contribution >= 0.6 is 40.4 Å². The topological polar surface area (TPSA) is 138 Å². The fourth-order valence-electron chi connectivity index (χ4n) is 3.57. The summed E-state index contributed by atoms with van der Waals surface area (Å²) < 4.78 is 4.81. The predicted molar refractivity (Wildman–Crippen MR) is 168 cm³/mol. The Labute approximate surface area is 266 Å². The van der Waals surface area contributed by atoms with Crippen molar-refractivity contribution in [1.29, 1.82) is 0 Å². The average Bonchev–Trinajstić information content (AvgIpc) is 3.73. The van der Waals surface area contributed by atoms with E-state index >= 15 is 0 Å². The molecule has 222 valence electrons. The van der Waals surface area contributed by atoms with Gasteiger partial charge < -0.3 is 9.57 Å². The first-order valence-electron chi connectivity index (χ1n) is 12.9. The Hall–Kier alpha value is -4.03. The number of imide groups is 2. The molecule has 2 aromatic carbocycles. The Morgan fingerprint density at radius 1 is 0.907 bits per heavy atom. The number of alkyl halides is 1. The summed E-state index contributed by atoms with van der Waals surface area (Å²) in [6, 6.07) is 14.0. The first kappa shape index (κ1) is 33.5. The van der Waals surface area contributed by atoms with Crippen molar-refractivity contribution in [1.82, 2.24) is 5.06 Å². The second-order valence-electron chi connectivity index (χ2n) is 8.94. The number of ether oxygens (including phenoxy) is 1. The summed E-state index contributed by atoms with van der Waals surface area (Å²) in [5.41, 5.74) is 2.92. The van der Waals surface area contributed by atoms with Gasteiger partial charge in [0.25, 0.3) is 23.6 Å². The zero-order valence-electron chi connectivity index (χ0n) is 22.6. The molecule has 3 heterocycles. The van der Waals surface area contributed by atoms with E-state index in [9.17, 15) is 24.0 Å². The van der Waals surface area contributed by atoms with Gasteiger partial charge in [0.2, 0.25) is 0 Å². The van der Waals surface area contributed by atoms with Crippen LogP contribution in [0.15, 0.2) is 70.7 Å². The van der Waals surface area contributed by atoms with E-state index in [1.54, 1.807) is 48.5 Å². The molecule has 2 saturated heterocycles. The van der Waals surface area contributed by atoms with Crippen LogP contribution in [0.3, 0.4) is 0 Å². The summed E-state index contributed by atoms with van der Waals surface area (Å²) in [6.07, 6.45) is 4.22. The van der Waals surface area contributed by atoms with Gasteiger partial charge in [-0.25, -0.2) is 9.69 Å². The molecule has 1 atom stereocenters. The second kappa shape index (κ2) is 17.2. The van der Waals surface area contributed by atoms with Gasteiger partial charge in [-0.2, -0.15) is 9.98 Å². The van der Waals surface area contributed by atoms with Crippen molar-refractivity contribution in [3.63, 3.8) is 0 Å². The quantitative estimate of drug-likeness (QED) is 0.118. The summed E-state index contributed by atoms with van der Waals surface area (Å²) in [6.45, 7) is 0.964. The molecule has 2 fully saturated rings. The molecular formula is C29H25BrN4O7S2. The number of epoxide rings is 1. The predicted octanol–water partition coefficient (Wildman–Crippen LogP) is 4.98. The van der Waals surface area contributed by atoms with Crippen LogP contribution in [0.1, 0.15) is 31.2 Å². The van der Waals surface area contributed by atoms with Crippen LogP contribution in [-0.2, 0) is 40.0 Å². The standard InChI is InChI=1S/C18H16N2O6.C8H4N2S2.C3H5BrO/c21-14-8-9-15(22)19(14)13-6-4-12(5-7-13)2-1-3-18(25)26-20-16(23)10-11-17(20)24;11-5-9-7-1-2-8(4-3-7)10-6-12;4-1-3-2-5-3/h4-9H,1-3,10-11H2;1-4H;3H,1-2H2. The third-order valence-corrected chi connectivity index (χ3v) is 6.73. The number of nitrogens with zero attached hydrogens (tertiary/aromatic N) is 4. The number of carbonyl (C=O) groups excluding carboxylic acids is 5. The Morgan fingerprint density at radius 2 is 1.42 bits per heavy atom. The smallest absolute Gasteiger partial charge is 0.333 e. The lowest BCUT2D eigenvalue weighted by atomic mass is 10.1. The highest BCUT2D eigenvalue weighted by molar-refractivity contribution is 9.09. The van der Waals surface area contributed by atoms with Crippen LogP contribution in [0.5, 0.6) is 0 Å². The molecule has 14 heteroatoms. The number of hydrogen-bond acceptors (Lipinski definition) is 11. The maximum Gasteiger partial charge on any atom is 0.333 e. The van der Waals surface area contributed by atoms with Crippen molar-refractivity contribution in [2.24, 2.45) is 9.98 Å². The maximum atomic E-state index is 11.7. The summed E-state index contributed by atoms with van der Waals surface area (Å²) in [7, 11) is 0. The molecule has 3 aliphatic heterocycles. The van der Waals surface area contributed by atoms with Crippen molar-refractivity contribution in [2.75, 3.05) is 16.8 Å². The first-order chi connectivity index (χ1) is 20.7. The fraction of sp³-hybridized carbons (Fsp3) is 0.276. The number of halogens is 1. The Balaban J connectivity index is 0.000000244. The van der Waals surface area contributed by atoms with Crippen molar-refractivity contribution >= 4 is 97.3 Å². The number of hydrogen-bond donors (Lipinski definition) is 0. The molecule has 0 N–H and O–H groups in total. The third kappa shape index (κ3) is 11.0. The minimum absolute atomic E-state index is 0.0613. The molecule has 0 aliphatic carbocycles. The fourth-order valence-corrected chi connectivity index (χ4v) is 4.16. The molecule has 43 heavy (non-hydrogen) atoms. The minimum atomic E-state index is -0.635. The van der Waals surface area contributed by atoms with Crippen LogP contribution in [0.2, 0.25) is 0 Å². The van der Waals surface area contributed by atoms with Gasteiger partial charge in [-0.3, -0.25) is 19.2 Å². The lowest BCUT2D eigenvalue weighted by Gasteiger charge is -2.14. The number of isothiocyanates is 2. The molecule has 0 saturated carbocycles. The lowest BCUT2D eigenvalue weighted by Crippen LogP contribution is -2.32. The van der Waals surface area contributed by atoms with Gasteiger partial charge in [0.1, 0.15) is 0 Å². The molecule has 5 rings (SSSR count). The Morgan fingerprint density at radius 3 is 1.84 bits per heavy atom. The van der Waals surface area contributed by atoms with E-state index in [2.05, 4.69) is 60.7 Å². The van der Waals surface area contributed by atoms with Crippen LogP contribution in [0.4, 0.5) is 17.1 Å². The molecule has 11 nitrogen and oxygen atoms in total. The van der Waals surface area contributed by atoms with Gasteiger partial charge in [-0.15, -0.1) is 5.06 Å². The van der Waals surface area contributed by atoms with E-state index in [-0.39, 0.29) is 31.1 Å². The van der Waals surface area contributed by atoms with Crippen LogP contribution in [-0.4, -0.2) is 63.0 Å². The van der Waals surface area contributed by atoms with Crippen molar-refractivity contribution < 1.29 is 33.5 Å². The van der Waals surface area contributed by atoms with E-state index in [0.29, 0.717) is 29.7 Å². The van der Waals surface area contributed by atoms with Crippen LogP contribution in [0, 0.1) is 0 Å². The van der Waals surface area contributed by atoms with Gasteiger partial charge in [0, 0.05) is 36.7 Å². The number of thiocarbonyl (C=S) groups is 2. The van der Waals surface area contributed by atoms with Crippen molar-refractivity contribution in [2.45, 2.75) is 38.2 Å². The Bertz CT molecular complexity index is 1410. The molecule has 1 unspecified atom stereocenters. The number of rotatable bonds is 9. The largest absolute Gasteiger partial charge is 0.372 e. The molecule has 4 amide bonds. The normalized spacial score (nSPS) is 16.3. The SMILES string of the molecule is BrCC1CO1.O=C(CCCc1ccc(N2C(=O)C=CC2=O)cc1)ON1C(=O)CCC1=O.S=C=Nc1ccc(N=C=S)cc1. The molecule has 0 radical (unpaired) electrons. The number of amides is 4. The summed E-state index contributed by atoms with van der Waals surface area (Å²) >= 11 is 12.1. The molecule has 0 bridgehead atoms. The van der Waals surface area contributed by atoms with Gasteiger partial charge in [-0.1, -0.05) is 28.1 Å². The molecule has 2 aromatic rings. The number of hydroxylamine groups is 2. The number of anilines is 1. The summed E-state index contributed by atoms with van der Waals surface area (Å²) in [4.78, 5) is 71.1. The van der Waals surface area contributed by atoms with Crippen molar-refractivity contribution in [3.05, 3.63) is 66.2 Å².